The van der Waals surface area contributed by atoms with Gasteiger partial charge in [-0.05, 0) is 49.7 Å². The number of aryl methyl sites for hydroxylation is 1. The third-order valence-electron chi connectivity index (χ3n) is 4.45. The molecule has 0 aliphatic rings. The van der Waals surface area contributed by atoms with Crippen LogP contribution >= 0.6 is 23.9 Å². The van der Waals surface area contributed by atoms with Gasteiger partial charge in [-0.3, -0.25) is 0 Å². The molecule has 2 heteroatoms. The molecule has 0 aromatic heterocycles. The molecule has 0 saturated heterocycles. The van der Waals surface area contributed by atoms with Crippen molar-refractivity contribution in [1.82, 2.24) is 0 Å². The third-order valence-corrected chi connectivity index (χ3v) is 7.75. The molecule has 3 rings (SSSR count). The maximum atomic E-state index is 3.38. The van der Waals surface area contributed by atoms with Crippen LogP contribution in [-0.2, 0) is 0 Å². The van der Waals surface area contributed by atoms with Crippen LogP contribution in [-0.4, -0.2) is 5.33 Å². The molecule has 0 N–H and O–H groups in total. The van der Waals surface area contributed by atoms with Crippen molar-refractivity contribution in [2.75, 3.05) is 5.33 Å². The molecular weight excluding hydrogens is 411 g/mol. The smallest absolute Gasteiger partial charge is 0.0928 e. The highest BCUT2D eigenvalue weighted by Gasteiger charge is 2.24. The second-order valence-corrected chi connectivity index (χ2v) is 10.00. The van der Waals surface area contributed by atoms with Crippen molar-refractivity contribution in [3.63, 3.8) is 0 Å². The van der Waals surface area contributed by atoms with E-state index in [2.05, 4.69) is 115 Å². The Hall–Kier alpha value is -1.43. The van der Waals surface area contributed by atoms with Crippen molar-refractivity contribution >= 4 is 39.8 Å². The number of unbranched alkanes of at least 4 members (excludes halogenated alkanes) is 3. The van der Waals surface area contributed by atoms with Gasteiger partial charge in [0.05, 0.1) is 7.92 Å². The highest BCUT2D eigenvalue weighted by Crippen LogP contribution is 2.32. The number of hydrogen-bond acceptors (Lipinski definition) is 0. The summed E-state index contributed by atoms with van der Waals surface area (Å²) in [6.07, 6.45) is 5.47. The van der Waals surface area contributed by atoms with Gasteiger partial charge in [-0.2, -0.15) is 0 Å². The molecule has 0 saturated carbocycles. The Kier molecular flexibility index (Phi) is 10.4. The average molecular weight is 442 g/mol. The summed E-state index contributed by atoms with van der Waals surface area (Å²) in [6, 6.07) is 30.7. The normalized spacial score (nSPS) is 10.4. The second-order valence-electron chi connectivity index (χ2n) is 6.72. The van der Waals surface area contributed by atoms with Crippen molar-refractivity contribution in [2.45, 2.75) is 39.5 Å². The van der Waals surface area contributed by atoms with E-state index in [4.69, 9.17) is 0 Å². The first-order chi connectivity index (χ1) is 13.3. The summed E-state index contributed by atoms with van der Waals surface area (Å²) in [4.78, 5) is 0. The quantitative estimate of drug-likeness (QED) is 0.224. The first-order valence-corrected chi connectivity index (χ1v) is 12.5. The Labute approximate surface area is 174 Å². The Morgan fingerprint density at radius 1 is 0.630 bits per heavy atom. The van der Waals surface area contributed by atoms with Crippen LogP contribution in [0.4, 0.5) is 0 Å². The summed E-state index contributed by atoms with van der Waals surface area (Å²) in [5, 5.41) is 5.49. The SMILES string of the molecule is CCCCCCBr.Cc1ccc([PH+](c2ccccc2)c2ccccc2)cc1. The van der Waals surface area contributed by atoms with Crippen LogP contribution in [0.2, 0.25) is 0 Å². The Bertz CT molecular complexity index is 695. The van der Waals surface area contributed by atoms with E-state index >= 15 is 0 Å². The van der Waals surface area contributed by atoms with Crippen molar-refractivity contribution in [3.05, 3.63) is 90.5 Å². The largest absolute Gasteiger partial charge is 0.102 e. The van der Waals surface area contributed by atoms with Gasteiger partial charge in [-0.25, -0.2) is 0 Å². The highest BCUT2D eigenvalue weighted by molar-refractivity contribution is 9.09. The van der Waals surface area contributed by atoms with Crippen LogP contribution in [0.25, 0.3) is 0 Å². The van der Waals surface area contributed by atoms with E-state index in [1.165, 1.54) is 52.5 Å². The number of alkyl halides is 1. The molecule has 0 fully saturated rings. The summed E-state index contributed by atoms with van der Waals surface area (Å²) in [7, 11) is -0.894. The van der Waals surface area contributed by atoms with Gasteiger partial charge >= 0.3 is 0 Å². The minimum Gasteiger partial charge on any atom is -0.0928 e. The Morgan fingerprint density at radius 2 is 1.11 bits per heavy atom. The van der Waals surface area contributed by atoms with Gasteiger partial charge in [0.15, 0.2) is 0 Å². The van der Waals surface area contributed by atoms with Crippen LogP contribution < -0.4 is 15.9 Å². The fraction of sp³-hybridized carbons (Fsp3) is 0.280. The molecule has 0 spiro atoms. The van der Waals surface area contributed by atoms with E-state index in [-0.39, 0.29) is 0 Å². The summed E-state index contributed by atoms with van der Waals surface area (Å²) in [5.74, 6) is 0. The first kappa shape index (κ1) is 21.9. The maximum Gasteiger partial charge on any atom is 0.102 e. The highest BCUT2D eigenvalue weighted by atomic mass is 79.9. The molecule has 0 heterocycles. The van der Waals surface area contributed by atoms with Crippen LogP contribution in [0.1, 0.15) is 38.2 Å². The lowest BCUT2D eigenvalue weighted by Crippen LogP contribution is -2.20. The van der Waals surface area contributed by atoms with Crippen LogP contribution in [0.5, 0.6) is 0 Å². The summed E-state index contributed by atoms with van der Waals surface area (Å²) >= 11 is 3.38. The topological polar surface area (TPSA) is 0 Å². The molecule has 142 valence electrons. The molecule has 0 aliphatic carbocycles. The number of hydrogen-bond donors (Lipinski definition) is 0. The molecule has 0 atom stereocenters. The number of rotatable bonds is 7. The molecule has 3 aromatic rings. The Balaban J connectivity index is 0.000000321. The molecule has 0 aliphatic heterocycles. The van der Waals surface area contributed by atoms with Crippen LogP contribution in [0.3, 0.4) is 0 Å². The molecule has 3 aromatic carbocycles. The molecule has 0 radical (unpaired) electrons. The zero-order chi connectivity index (χ0) is 19.3. The minimum absolute atomic E-state index is 0.894. The lowest BCUT2D eigenvalue weighted by molar-refractivity contribution is 0.708. The summed E-state index contributed by atoms with van der Waals surface area (Å²) in [6.45, 7) is 4.37. The van der Waals surface area contributed by atoms with Gasteiger partial charge in [0, 0.05) is 5.33 Å². The number of halogens is 1. The lowest BCUT2D eigenvalue weighted by atomic mass is 10.2. The summed E-state index contributed by atoms with van der Waals surface area (Å²) in [5.41, 5.74) is 1.32. The Morgan fingerprint density at radius 3 is 1.56 bits per heavy atom. The zero-order valence-corrected chi connectivity index (χ0v) is 19.1. The molecule has 27 heavy (non-hydrogen) atoms. The first-order valence-electron chi connectivity index (χ1n) is 9.87. The van der Waals surface area contributed by atoms with E-state index in [1.807, 2.05) is 0 Å². The standard InChI is InChI=1S/C19H17P.C6H13Br/c1-16-12-14-19(15-13-16)20(17-8-4-2-5-9-17)18-10-6-3-7-11-18;1-2-3-4-5-6-7/h2-15H,1H3;2-6H2,1H3/p+1. The summed E-state index contributed by atoms with van der Waals surface area (Å²) < 4.78 is 0. The third kappa shape index (κ3) is 7.60. The van der Waals surface area contributed by atoms with Crippen molar-refractivity contribution in [2.24, 2.45) is 0 Å². The minimum atomic E-state index is -0.894. The van der Waals surface area contributed by atoms with E-state index < -0.39 is 7.92 Å². The van der Waals surface area contributed by atoms with Crippen molar-refractivity contribution < 1.29 is 0 Å². The van der Waals surface area contributed by atoms with E-state index in [0.29, 0.717) is 0 Å². The monoisotopic (exact) mass is 441 g/mol. The van der Waals surface area contributed by atoms with E-state index in [9.17, 15) is 0 Å². The van der Waals surface area contributed by atoms with E-state index in [0.717, 1.165) is 0 Å². The average Bonchev–Trinajstić information content (AvgIpc) is 2.72. The molecule has 0 amide bonds. The molecular formula is C25H31BrP+. The lowest BCUT2D eigenvalue weighted by Gasteiger charge is -2.10. The fourth-order valence-electron chi connectivity index (χ4n) is 2.95. The van der Waals surface area contributed by atoms with Gasteiger partial charge < -0.3 is 0 Å². The van der Waals surface area contributed by atoms with E-state index in [1.54, 1.807) is 0 Å². The van der Waals surface area contributed by atoms with Crippen LogP contribution in [0.15, 0.2) is 84.9 Å². The molecule has 0 bridgehead atoms. The zero-order valence-electron chi connectivity index (χ0n) is 16.5. The van der Waals surface area contributed by atoms with Crippen molar-refractivity contribution in [3.8, 4) is 0 Å². The van der Waals surface area contributed by atoms with Gasteiger partial charge in [0.25, 0.3) is 0 Å². The second kappa shape index (κ2) is 12.9. The van der Waals surface area contributed by atoms with Crippen LogP contribution in [0, 0.1) is 6.92 Å². The maximum absolute atomic E-state index is 3.38. The van der Waals surface area contributed by atoms with Gasteiger partial charge in [-0.1, -0.05) is 96.2 Å². The predicted octanol–water partition coefficient (Wildman–Crippen LogP) is 6.45. The van der Waals surface area contributed by atoms with Gasteiger partial charge in [-0.15, -0.1) is 0 Å². The molecule has 0 unspecified atom stereocenters. The number of benzene rings is 3. The fourth-order valence-corrected chi connectivity index (χ4v) is 5.90. The molecule has 0 nitrogen and oxygen atoms in total. The van der Waals surface area contributed by atoms with Crippen molar-refractivity contribution in [1.29, 1.82) is 0 Å². The van der Waals surface area contributed by atoms with Gasteiger partial charge in [0.1, 0.15) is 15.9 Å². The van der Waals surface area contributed by atoms with Gasteiger partial charge in [0.2, 0.25) is 0 Å². The predicted molar refractivity (Wildman–Crippen MR) is 129 cm³/mol.